The normalized spacial score (nSPS) is 19.2. The van der Waals surface area contributed by atoms with Crippen molar-refractivity contribution < 1.29 is 0 Å². The molecule has 4 N–H and O–H groups in total. The number of nitrogens with one attached hydrogen (secondary N) is 4. The molecule has 4 aromatic heterocycles. The smallest absolute Gasteiger partial charge is 0.224 e. The van der Waals surface area contributed by atoms with Gasteiger partial charge in [0.2, 0.25) is 11.9 Å². The van der Waals surface area contributed by atoms with Gasteiger partial charge >= 0.3 is 0 Å². The first kappa shape index (κ1) is 31.1. The minimum Gasteiger partial charge on any atom is -0.370 e. The molecule has 1 aliphatic rings. The lowest BCUT2D eigenvalue weighted by Crippen LogP contribution is -2.42. The number of hydrogen-bond acceptors (Lipinski definition) is 10. The standard InChI is InChI=1S/C34H46N10/c1-5-15-37-27-21-25(41-33(43-27)39-17-7-3)31-29(23-13-9-11-19-35-23)32(30(31)24-14-10-12-20-36-24)26-22-28(38-16-6-2)44-34(42-26)40-18-8-4/h9-14,19-22,29-32H,5-8,15-18H2,1-4H3,(H2,37,39,41,43)(H2,38,40,42,44)/t29-,30-,31-,32-. The summed E-state index contributed by atoms with van der Waals surface area (Å²) in [4.78, 5) is 29.6. The first-order chi connectivity index (χ1) is 21.7. The van der Waals surface area contributed by atoms with Crippen LogP contribution in [0.15, 0.2) is 60.9 Å². The van der Waals surface area contributed by atoms with Crippen molar-refractivity contribution in [3.05, 3.63) is 83.7 Å². The zero-order valence-electron chi connectivity index (χ0n) is 26.4. The van der Waals surface area contributed by atoms with E-state index in [1.165, 1.54) is 0 Å². The van der Waals surface area contributed by atoms with Gasteiger partial charge in [0.25, 0.3) is 0 Å². The van der Waals surface area contributed by atoms with E-state index in [0.717, 1.165) is 86.3 Å². The summed E-state index contributed by atoms with van der Waals surface area (Å²) in [7, 11) is 0. The van der Waals surface area contributed by atoms with Crippen molar-refractivity contribution in [2.75, 3.05) is 47.4 Å². The van der Waals surface area contributed by atoms with Crippen LogP contribution in [0.25, 0.3) is 0 Å². The molecule has 0 amide bonds. The Bertz CT molecular complexity index is 1280. The van der Waals surface area contributed by atoms with Crippen LogP contribution in [-0.2, 0) is 0 Å². The van der Waals surface area contributed by atoms with E-state index in [0.29, 0.717) is 11.9 Å². The van der Waals surface area contributed by atoms with Crippen molar-refractivity contribution >= 4 is 23.5 Å². The molecular weight excluding hydrogens is 548 g/mol. The topological polar surface area (TPSA) is 125 Å². The number of hydrogen-bond donors (Lipinski definition) is 4. The highest BCUT2D eigenvalue weighted by molar-refractivity contribution is 5.51. The van der Waals surface area contributed by atoms with Gasteiger partial charge in [-0.2, -0.15) is 9.97 Å². The second-order valence-electron chi connectivity index (χ2n) is 11.3. The van der Waals surface area contributed by atoms with E-state index in [9.17, 15) is 0 Å². The van der Waals surface area contributed by atoms with E-state index in [1.54, 1.807) is 0 Å². The second-order valence-corrected chi connectivity index (χ2v) is 11.3. The van der Waals surface area contributed by atoms with E-state index < -0.39 is 0 Å². The van der Waals surface area contributed by atoms with E-state index in [1.807, 2.05) is 24.5 Å². The minimum absolute atomic E-state index is 0.00576. The molecule has 0 aliphatic heterocycles. The van der Waals surface area contributed by atoms with Gasteiger partial charge in [0.1, 0.15) is 11.6 Å². The molecule has 0 unspecified atom stereocenters. The minimum atomic E-state index is 0.00576. The van der Waals surface area contributed by atoms with Crippen molar-refractivity contribution in [3.63, 3.8) is 0 Å². The number of rotatable bonds is 16. The molecule has 0 spiro atoms. The molecule has 0 saturated heterocycles. The molecule has 0 radical (unpaired) electrons. The molecule has 0 atom stereocenters. The summed E-state index contributed by atoms with van der Waals surface area (Å²) in [5.41, 5.74) is 3.98. The van der Waals surface area contributed by atoms with Crippen LogP contribution in [0.2, 0.25) is 0 Å². The Hall–Kier alpha value is -4.34. The lowest BCUT2D eigenvalue weighted by Gasteiger charge is -2.51. The molecule has 10 heteroatoms. The summed E-state index contributed by atoms with van der Waals surface area (Å²) in [6.45, 7) is 11.9. The monoisotopic (exact) mass is 594 g/mol. The van der Waals surface area contributed by atoms with Gasteiger partial charge in [0.15, 0.2) is 0 Å². The highest BCUT2D eigenvalue weighted by atomic mass is 15.2. The summed E-state index contributed by atoms with van der Waals surface area (Å²) in [6, 6.07) is 16.5. The summed E-state index contributed by atoms with van der Waals surface area (Å²) >= 11 is 0. The number of aromatic nitrogens is 6. The summed E-state index contributed by atoms with van der Waals surface area (Å²) < 4.78 is 0. The maximum Gasteiger partial charge on any atom is 0.224 e. The largest absolute Gasteiger partial charge is 0.370 e. The van der Waals surface area contributed by atoms with E-state index in [4.69, 9.17) is 29.9 Å². The van der Waals surface area contributed by atoms with Crippen molar-refractivity contribution in [1.29, 1.82) is 0 Å². The van der Waals surface area contributed by atoms with Crippen molar-refractivity contribution in [3.8, 4) is 0 Å². The van der Waals surface area contributed by atoms with Crippen LogP contribution in [0.1, 0.15) is 99.8 Å². The van der Waals surface area contributed by atoms with E-state index in [-0.39, 0.29) is 23.7 Å². The van der Waals surface area contributed by atoms with Gasteiger partial charge in [-0.3, -0.25) is 9.97 Å². The zero-order valence-corrected chi connectivity index (χ0v) is 26.4. The molecule has 44 heavy (non-hydrogen) atoms. The third-order valence-corrected chi connectivity index (χ3v) is 7.96. The first-order valence-corrected chi connectivity index (χ1v) is 16.2. The number of pyridine rings is 2. The molecule has 0 bridgehead atoms. The predicted molar refractivity (Wildman–Crippen MR) is 179 cm³/mol. The van der Waals surface area contributed by atoms with E-state index in [2.05, 4.69) is 85.4 Å². The van der Waals surface area contributed by atoms with Crippen LogP contribution < -0.4 is 21.3 Å². The van der Waals surface area contributed by atoms with Gasteiger partial charge in [-0.1, -0.05) is 39.8 Å². The van der Waals surface area contributed by atoms with Crippen LogP contribution >= 0.6 is 0 Å². The lowest BCUT2D eigenvalue weighted by molar-refractivity contribution is 0.212. The SMILES string of the molecule is CCCNc1cc([C@H]2[C@H](c3ccccn3)[C@H](c3cc(NCCC)nc(NCCC)n3)[C@H]2c2ccccn2)nc(NCCC)n1. The van der Waals surface area contributed by atoms with Gasteiger partial charge in [-0.25, -0.2) is 9.97 Å². The van der Waals surface area contributed by atoms with Crippen molar-refractivity contribution in [1.82, 2.24) is 29.9 Å². The average molecular weight is 595 g/mol. The van der Waals surface area contributed by atoms with Crippen LogP contribution in [0.3, 0.4) is 0 Å². The summed E-state index contributed by atoms with van der Waals surface area (Å²) in [5, 5.41) is 13.9. The Morgan fingerprint density at radius 3 is 1.23 bits per heavy atom. The lowest BCUT2D eigenvalue weighted by atomic mass is 9.52. The molecule has 1 aliphatic carbocycles. The fourth-order valence-electron chi connectivity index (χ4n) is 5.96. The van der Waals surface area contributed by atoms with Gasteiger partial charge in [-0.15, -0.1) is 0 Å². The Morgan fingerprint density at radius 2 is 0.864 bits per heavy atom. The maximum atomic E-state index is 5.12. The van der Waals surface area contributed by atoms with Crippen molar-refractivity contribution in [2.45, 2.75) is 77.0 Å². The molecule has 4 aromatic rings. The Labute approximate surface area is 261 Å². The van der Waals surface area contributed by atoms with Gasteiger partial charge in [0.05, 0.1) is 11.4 Å². The molecule has 1 saturated carbocycles. The summed E-state index contributed by atoms with van der Waals surface area (Å²) in [6.07, 6.45) is 7.74. The summed E-state index contributed by atoms with van der Waals surface area (Å²) in [5.74, 6) is 3.00. The van der Waals surface area contributed by atoms with Crippen LogP contribution in [0.4, 0.5) is 23.5 Å². The van der Waals surface area contributed by atoms with Gasteiger partial charge in [-0.05, 0) is 49.9 Å². The molecule has 0 aromatic carbocycles. The fraction of sp³-hybridized carbons (Fsp3) is 0.471. The predicted octanol–water partition coefficient (Wildman–Crippen LogP) is 6.79. The molecule has 232 valence electrons. The molecular formula is C34H46N10. The highest BCUT2D eigenvalue weighted by Gasteiger charge is 2.55. The van der Waals surface area contributed by atoms with Crippen LogP contribution in [-0.4, -0.2) is 56.1 Å². The van der Waals surface area contributed by atoms with Crippen LogP contribution in [0, 0.1) is 0 Å². The van der Waals surface area contributed by atoms with Gasteiger partial charge in [0, 0.05) is 85.8 Å². The molecule has 4 heterocycles. The quantitative estimate of drug-likeness (QED) is 0.110. The highest BCUT2D eigenvalue weighted by Crippen LogP contribution is 2.65. The number of anilines is 4. The second kappa shape index (κ2) is 15.4. The molecule has 1 fully saturated rings. The Morgan fingerprint density at radius 1 is 0.477 bits per heavy atom. The maximum absolute atomic E-state index is 5.12. The van der Waals surface area contributed by atoms with Gasteiger partial charge < -0.3 is 21.3 Å². The van der Waals surface area contributed by atoms with Crippen molar-refractivity contribution in [2.24, 2.45) is 0 Å². The zero-order chi connectivity index (χ0) is 30.7. The number of nitrogens with zero attached hydrogens (tertiary/aromatic N) is 6. The molecule has 10 nitrogen and oxygen atoms in total. The average Bonchev–Trinajstić information content (AvgIpc) is 3.05. The van der Waals surface area contributed by atoms with Crippen LogP contribution in [0.5, 0.6) is 0 Å². The third kappa shape index (κ3) is 7.23. The Balaban J connectivity index is 1.67. The fourth-order valence-corrected chi connectivity index (χ4v) is 5.96. The Kier molecular flexibility index (Phi) is 10.9. The molecule has 5 rings (SSSR count). The van der Waals surface area contributed by atoms with E-state index >= 15 is 0 Å². The third-order valence-electron chi connectivity index (χ3n) is 7.96. The first-order valence-electron chi connectivity index (χ1n) is 16.2.